The molecule has 0 unspecified atom stereocenters. The summed E-state index contributed by atoms with van der Waals surface area (Å²) >= 11 is 0. The van der Waals surface area contributed by atoms with E-state index < -0.39 is 0 Å². The predicted molar refractivity (Wildman–Crippen MR) is 122 cm³/mol. The van der Waals surface area contributed by atoms with Crippen LogP contribution in [0.15, 0.2) is 24.3 Å². The molecule has 6 rings (SSSR count). The third-order valence-corrected chi connectivity index (χ3v) is 7.46. The van der Waals surface area contributed by atoms with Gasteiger partial charge >= 0.3 is 0 Å². The Labute approximate surface area is 179 Å². The maximum atomic E-state index is 4.96. The second-order valence-corrected chi connectivity index (χ2v) is 9.78. The normalized spacial score (nSPS) is 24.9. The van der Waals surface area contributed by atoms with E-state index in [-0.39, 0.29) is 0 Å². The van der Waals surface area contributed by atoms with E-state index in [9.17, 15) is 0 Å². The molecule has 2 N–H and O–H groups in total. The van der Waals surface area contributed by atoms with E-state index in [0.717, 1.165) is 34.8 Å². The fraction of sp³-hybridized carbons (Fsp3) is 0.667. The van der Waals surface area contributed by atoms with Gasteiger partial charge in [0.1, 0.15) is 5.82 Å². The molecule has 2 aliphatic heterocycles. The summed E-state index contributed by atoms with van der Waals surface area (Å²) in [4.78, 5) is 15.2. The summed E-state index contributed by atoms with van der Waals surface area (Å²) in [5.41, 5.74) is 1.03. The second kappa shape index (κ2) is 7.97. The Hall–Kier alpha value is -1.92. The molecule has 2 aromatic rings. The van der Waals surface area contributed by atoms with Crippen molar-refractivity contribution in [2.45, 2.75) is 75.5 Å². The highest BCUT2D eigenvalue weighted by Crippen LogP contribution is 2.32. The van der Waals surface area contributed by atoms with Gasteiger partial charge in [0.2, 0.25) is 5.95 Å². The van der Waals surface area contributed by atoms with Crippen LogP contribution in [0.2, 0.25) is 0 Å². The van der Waals surface area contributed by atoms with Crippen molar-refractivity contribution in [3.63, 3.8) is 0 Å². The Morgan fingerprint density at radius 2 is 1.23 bits per heavy atom. The maximum absolute atomic E-state index is 4.96. The zero-order valence-electron chi connectivity index (χ0n) is 17.9. The van der Waals surface area contributed by atoms with Gasteiger partial charge in [0.25, 0.3) is 0 Å². The molecule has 0 amide bonds. The summed E-state index contributed by atoms with van der Waals surface area (Å²) < 4.78 is 0. The molecule has 0 spiro atoms. The Balaban J connectivity index is 1.15. The molecular formula is C24H34N6. The van der Waals surface area contributed by atoms with E-state index in [2.05, 4.69) is 44.7 Å². The van der Waals surface area contributed by atoms with Crippen LogP contribution in [-0.2, 0) is 0 Å². The Kier molecular flexibility index (Phi) is 5.00. The zero-order valence-corrected chi connectivity index (χ0v) is 17.9. The van der Waals surface area contributed by atoms with Gasteiger partial charge in [-0.05, 0) is 63.5 Å². The van der Waals surface area contributed by atoms with Crippen LogP contribution in [0.5, 0.6) is 0 Å². The minimum Gasteiger partial charge on any atom is -0.367 e. The smallest absolute Gasteiger partial charge is 0.225 e. The van der Waals surface area contributed by atoms with Crippen LogP contribution >= 0.6 is 0 Å². The van der Waals surface area contributed by atoms with Crippen LogP contribution in [0.4, 0.5) is 11.8 Å². The number of fused-ring (bicyclic) bond motifs is 1. The van der Waals surface area contributed by atoms with Gasteiger partial charge in [0, 0.05) is 55.7 Å². The number of hydrogen-bond acceptors (Lipinski definition) is 6. The van der Waals surface area contributed by atoms with Crippen LogP contribution in [0.25, 0.3) is 10.9 Å². The largest absolute Gasteiger partial charge is 0.367 e. The lowest BCUT2D eigenvalue weighted by Gasteiger charge is -2.33. The van der Waals surface area contributed by atoms with Crippen molar-refractivity contribution in [2.24, 2.45) is 0 Å². The number of likely N-dealkylation sites (tertiary alicyclic amines) is 2. The maximum Gasteiger partial charge on any atom is 0.225 e. The fourth-order valence-corrected chi connectivity index (χ4v) is 5.32. The van der Waals surface area contributed by atoms with Gasteiger partial charge in [0.15, 0.2) is 0 Å². The van der Waals surface area contributed by atoms with Crippen molar-refractivity contribution in [1.82, 2.24) is 19.8 Å². The molecule has 3 heterocycles. The number of nitrogens with one attached hydrogen (secondary N) is 2. The molecule has 2 saturated carbocycles. The molecule has 1 aromatic heterocycles. The van der Waals surface area contributed by atoms with Gasteiger partial charge in [0.05, 0.1) is 5.52 Å². The van der Waals surface area contributed by atoms with Crippen molar-refractivity contribution in [2.75, 3.05) is 36.8 Å². The first kappa shape index (κ1) is 18.8. The summed E-state index contributed by atoms with van der Waals surface area (Å²) in [6, 6.07) is 11.2. The van der Waals surface area contributed by atoms with E-state index in [1.54, 1.807) is 0 Å². The Morgan fingerprint density at radius 1 is 0.667 bits per heavy atom. The number of nitrogens with zero attached hydrogens (tertiary/aromatic N) is 4. The van der Waals surface area contributed by atoms with Crippen LogP contribution in [0.1, 0.15) is 51.4 Å². The summed E-state index contributed by atoms with van der Waals surface area (Å²) in [7, 11) is 0. The highest BCUT2D eigenvalue weighted by atomic mass is 15.2. The number of piperidine rings is 2. The van der Waals surface area contributed by atoms with Gasteiger partial charge in [-0.25, -0.2) is 4.98 Å². The lowest BCUT2D eigenvalue weighted by atomic mass is 10.0. The average molecular weight is 407 g/mol. The predicted octanol–water partition coefficient (Wildman–Crippen LogP) is 3.71. The van der Waals surface area contributed by atoms with E-state index in [1.807, 2.05) is 0 Å². The van der Waals surface area contributed by atoms with Crippen LogP contribution in [-0.4, -0.2) is 70.1 Å². The first-order valence-electron chi connectivity index (χ1n) is 12.1. The summed E-state index contributed by atoms with van der Waals surface area (Å²) in [6.45, 7) is 4.85. The van der Waals surface area contributed by atoms with Crippen molar-refractivity contribution < 1.29 is 0 Å². The number of para-hydroxylation sites is 1. The van der Waals surface area contributed by atoms with E-state index in [4.69, 9.17) is 9.97 Å². The molecule has 160 valence electrons. The lowest BCUT2D eigenvalue weighted by Crippen LogP contribution is -2.41. The Bertz CT molecular complexity index is 876. The molecule has 4 fully saturated rings. The third kappa shape index (κ3) is 4.12. The molecule has 0 atom stereocenters. The minimum atomic E-state index is 0.482. The highest BCUT2D eigenvalue weighted by molar-refractivity contribution is 5.90. The van der Waals surface area contributed by atoms with E-state index in [0.29, 0.717) is 12.1 Å². The van der Waals surface area contributed by atoms with Crippen molar-refractivity contribution in [3.8, 4) is 0 Å². The summed E-state index contributed by atoms with van der Waals surface area (Å²) in [6.07, 6.45) is 10.4. The van der Waals surface area contributed by atoms with Crippen LogP contribution in [0.3, 0.4) is 0 Å². The average Bonchev–Trinajstić information content (AvgIpc) is 3.68. The number of aromatic nitrogens is 2. The van der Waals surface area contributed by atoms with Crippen LogP contribution in [0, 0.1) is 0 Å². The first-order chi connectivity index (χ1) is 14.8. The molecule has 1 aromatic carbocycles. The molecule has 4 aliphatic rings. The monoisotopic (exact) mass is 406 g/mol. The van der Waals surface area contributed by atoms with Crippen molar-refractivity contribution in [1.29, 1.82) is 0 Å². The third-order valence-electron chi connectivity index (χ3n) is 7.46. The molecule has 2 aliphatic carbocycles. The molecule has 6 heteroatoms. The van der Waals surface area contributed by atoms with E-state index in [1.165, 1.54) is 77.5 Å². The minimum absolute atomic E-state index is 0.482. The molecular weight excluding hydrogens is 372 g/mol. The first-order valence-corrected chi connectivity index (χ1v) is 12.1. The topological polar surface area (TPSA) is 56.3 Å². The second-order valence-electron chi connectivity index (χ2n) is 9.78. The Morgan fingerprint density at radius 3 is 1.83 bits per heavy atom. The van der Waals surface area contributed by atoms with Gasteiger partial charge in [-0.1, -0.05) is 12.1 Å². The van der Waals surface area contributed by atoms with Crippen molar-refractivity contribution in [3.05, 3.63) is 24.3 Å². The highest BCUT2D eigenvalue weighted by Gasteiger charge is 2.33. The number of benzene rings is 1. The molecule has 2 saturated heterocycles. The lowest BCUT2D eigenvalue weighted by molar-refractivity contribution is 0.209. The number of anilines is 2. The SMILES string of the molecule is c1ccc2c(NC3CCN(C4CC4)CC3)nc(NC3CCN(C4CC4)CC3)nc2c1. The van der Waals surface area contributed by atoms with Crippen LogP contribution < -0.4 is 10.6 Å². The van der Waals surface area contributed by atoms with E-state index >= 15 is 0 Å². The fourth-order valence-electron chi connectivity index (χ4n) is 5.32. The standard InChI is InChI=1S/C24H34N6/c1-2-4-22-21(3-1)23(25-17-9-13-29(14-10-17)19-5-6-19)28-24(27-22)26-18-11-15-30(16-12-18)20-7-8-20/h1-4,17-20H,5-16H2,(H2,25,26,27,28). The molecule has 0 radical (unpaired) electrons. The quantitative estimate of drug-likeness (QED) is 0.763. The molecule has 0 bridgehead atoms. The van der Waals surface area contributed by atoms with Gasteiger partial charge < -0.3 is 20.4 Å². The van der Waals surface area contributed by atoms with Crippen molar-refractivity contribution >= 4 is 22.7 Å². The van der Waals surface area contributed by atoms with Gasteiger partial charge in [-0.2, -0.15) is 4.98 Å². The van der Waals surface area contributed by atoms with Gasteiger partial charge in [-0.3, -0.25) is 0 Å². The number of hydrogen-bond donors (Lipinski definition) is 2. The molecule has 6 nitrogen and oxygen atoms in total. The zero-order chi connectivity index (χ0) is 19.9. The molecule has 30 heavy (non-hydrogen) atoms. The van der Waals surface area contributed by atoms with Gasteiger partial charge in [-0.15, -0.1) is 0 Å². The summed E-state index contributed by atoms with van der Waals surface area (Å²) in [5, 5.41) is 8.58. The summed E-state index contributed by atoms with van der Waals surface area (Å²) in [5.74, 6) is 1.79. The number of rotatable bonds is 6.